The molecule has 0 saturated carbocycles. The normalized spacial score (nSPS) is 17.7. The Kier molecular flexibility index (Phi) is 5.43. The van der Waals surface area contributed by atoms with Crippen molar-refractivity contribution in [1.29, 1.82) is 0 Å². The van der Waals surface area contributed by atoms with E-state index in [9.17, 15) is 0 Å². The highest BCUT2D eigenvalue weighted by Crippen LogP contribution is 2.37. The van der Waals surface area contributed by atoms with Crippen LogP contribution >= 0.6 is 11.6 Å². The molecule has 6 rings (SSSR count). The maximum Gasteiger partial charge on any atom is 0.229 e. The molecule has 34 heavy (non-hydrogen) atoms. The monoisotopic (exact) mass is 471 g/mol. The largest absolute Gasteiger partial charge is 0.369 e. The molecule has 0 aliphatic carbocycles. The lowest BCUT2D eigenvalue weighted by Gasteiger charge is -2.34. The average Bonchev–Trinajstić information content (AvgIpc) is 3.35. The third-order valence-electron chi connectivity index (χ3n) is 6.57. The van der Waals surface area contributed by atoms with Gasteiger partial charge in [-0.25, -0.2) is 4.98 Å². The molecule has 1 N–H and O–H groups in total. The van der Waals surface area contributed by atoms with Crippen molar-refractivity contribution >= 4 is 52.2 Å². The first-order valence-corrected chi connectivity index (χ1v) is 12.0. The van der Waals surface area contributed by atoms with E-state index in [1.165, 1.54) is 5.69 Å². The van der Waals surface area contributed by atoms with Crippen molar-refractivity contribution in [3.8, 4) is 0 Å². The van der Waals surface area contributed by atoms with E-state index in [0.717, 1.165) is 73.3 Å². The molecule has 1 fully saturated rings. The summed E-state index contributed by atoms with van der Waals surface area (Å²) < 4.78 is 0. The fourth-order valence-corrected chi connectivity index (χ4v) is 4.95. The number of anilines is 4. The highest BCUT2D eigenvalue weighted by Gasteiger charge is 2.31. The van der Waals surface area contributed by atoms with Gasteiger partial charge in [0.05, 0.1) is 6.54 Å². The van der Waals surface area contributed by atoms with Crippen LogP contribution < -0.4 is 15.1 Å². The number of fused-ring (bicyclic) bond motifs is 3. The summed E-state index contributed by atoms with van der Waals surface area (Å²) in [5, 5.41) is 4.12. The Bertz CT molecular complexity index is 1290. The van der Waals surface area contributed by atoms with Crippen LogP contribution in [0.3, 0.4) is 0 Å². The Morgan fingerprint density at radius 3 is 2.68 bits per heavy atom. The van der Waals surface area contributed by atoms with Crippen molar-refractivity contribution in [2.75, 3.05) is 61.4 Å². The third-order valence-corrected chi connectivity index (χ3v) is 6.90. The minimum Gasteiger partial charge on any atom is -0.369 e. The van der Waals surface area contributed by atoms with E-state index in [-0.39, 0.29) is 0 Å². The van der Waals surface area contributed by atoms with Gasteiger partial charge >= 0.3 is 0 Å². The second-order valence-corrected chi connectivity index (χ2v) is 9.24. The molecular formula is C26H26ClN7. The quantitative estimate of drug-likeness (QED) is 0.608. The van der Waals surface area contributed by atoms with Crippen molar-refractivity contribution < 1.29 is 0 Å². The van der Waals surface area contributed by atoms with Crippen molar-refractivity contribution in [3.05, 3.63) is 70.9 Å². The lowest BCUT2D eigenvalue weighted by atomic mass is 9.98. The standard InChI is InChI=1S/C26H26ClN7/c1-32-11-13-33(14-12-32)20-6-4-5-19(16-20)30-26-29-17-18-15-22(21-7-2-3-8-23(21)27)25-28-9-10-34(25)24(18)31-26/h2-8,15-17H,9-14H2,1H3,(H,29,30,31). The Morgan fingerprint density at radius 2 is 1.82 bits per heavy atom. The number of hydrogen-bond donors (Lipinski definition) is 1. The topological polar surface area (TPSA) is 59.9 Å². The molecule has 1 saturated heterocycles. The molecule has 0 unspecified atom stereocenters. The van der Waals surface area contributed by atoms with Crippen LogP contribution in [0.5, 0.6) is 0 Å². The first-order valence-electron chi connectivity index (χ1n) is 11.6. The predicted molar refractivity (Wildman–Crippen MR) is 140 cm³/mol. The van der Waals surface area contributed by atoms with Crippen molar-refractivity contribution in [2.45, 2.75) is 0 Å². The Morgan fingerprint density at radius 1 is 0.971 bits per heavy atom. The van der Waals surface area contributed by atoms with Gasteiger partial charge in [-0.05, 0) is 37.4 Å². The van der Waals surface area contributed by atoms with Gasteiger partial charge in [-0.15, -0.1) is 0 Å². The van der Waals surface area contributed by atoms with Crippen molar-refractivity contribution in [3.63, 3.8) is 0 Å². The first kappa shape index (κ1) is 21.1. The minimum absolute atomic E-state index is 0.579. The Labute approximate surface area is 204 Å². The number of nitrogens with zero attached hydrogens (tertiary/aromatic N) is 6. The number of hydrogen-bond acceptors (Lipinski definition) is 7. The number of aliphatic imine (C=N–C) groups is 1. The summed E-state index contributed by atoms with van der Waals surface area (Å²) in [5.41, 5.74) is 5.16. The maximum absolute atomic E-state index is 6.51. The molecule has 1 aromatic heterocycles. The van der Waals surface area contributed by atoms with Crippen LogP contribution in [-0.4, -0.2) is 67.0 Å². The molecule has 0 amide bonds. The number of likely N-dealkylation sites (N-methyl/N-ethyl adjacent to an activating group) is 1. The molecule has 4 heterocycles. The van der Waals surface area contributed by atoms with Gasteiger partial charge in [0.25, 0.3) is 0 Å². The molecule has 8 heteroatoms. The van der Waals surface area contributed by atoms with Crippen LogP contribution in [0.2, 0.25) is 5.02 Å². The number of aromatic nitrogens is 2. The fourth-order valence-electron chi connectivity index (χ4n) is 4.72. The van der Waals surface area contributed by atoms with Crippen LogP contribution in [0.25, 0.3) is 11.6 Å². The summed E-state index contributed by atoms with van der Waals surface area (Å²) in [5.74, 6) is 2.37. The van der Waals surface area contributed by atoms with E-state index >= 15 is 0 Å². The number of rotatable bonds is 4. The summed E-state index contributed by atoms with van der Waals surface area (Å²) in [7, 11) is 2.17. The molecular weight excluding hydrogens is 446 g/mol. The van der Waals surface area contributed by atoms with Crippen LogP contribution in [-0.2, 0) is 0 Å². The van der Waals surface area contributed by atoms with E-state index in [4.69, 9.17) is 21.6 Å². The van der Waals surface area contributed by atoms with E-state index in [1.54, 1.807) is 0 Å². The number of piperazine rings is 1. The maximum atomic E-state index is 6.51. The Hall–Kier alpha value is -3.42. The SMILES string of the molecule is CN1CCN(c2cccc(Nc3ncc4c(n3)N3CCN=C3C(c3ccccc3Cl)=C4)c2)CC1. The molecule has 172 valence electrons. The molecule has 3 aliphatic rings. The van der Waals surface area contributed by atoms with Gasteiger partial charge in [0.15, 0.2) is 0 Å². The predicted octanol–water partition coefficient (Wildman–Crippen LogP) is 4.40. The number of amidine groups is 1. The zero-order valence-electron chi connectivity index (χ0n) is 19.1. The molecule has 3 aliphatic heterocycles. The van der Waals surface area contributed by atoms with Gasteiger partial charge in [-0.1, -0.05) is 35.9 Å². The highest BCUT2D eigenvalue weighted by atomic mass is 35.5. The van der Waals surface area contributed by atoms with Crippen molar-refractivity contribution in [1.82, 2.24) is 14.9 Å². The number of benzene rings is 2. The second-order valence-electron chi connectivity index (χ2n) is 8.83. The van der Waals surface area contributed by atoms with Crippen LogP contribution in [0.4, 0.5) is 23.1 Å². The van der Waals surface area contributed by atoms with Gasteiger partial charge in [0, 0.05) is 72.0 Å². The van der Waals surface area contributed by atoms with Crippen LogP contribution in [0.1, 0.15) is 11.1 Å². The third kappa shape index (κ3) is 3.91. The second kappa shape index (κ2) is 8.74. The zero-order valence-corrected chi connectivity index (χ0v) is 19.8. The zero-order chi connectivity index (χ0) is 23.1. The van der Waals surface area contributed by atoms with E-state index in [1.807, 2.05) is 30.5 Å². The van der Waals surface area contributed by atoms with E-state index in [0.29, 0.717) is 11.0 Å². The lowest BCUT2D eigenvalue weighted by molar-refractivity contribution is 0.313. The number of nitrogens with one attached hydrogen (secondary N) is 1. The van der Waals surface area contributed by atoms with E-state index < -0.39 is 0 Å². The first-order chi connectivity index (χ1) is 16.7. The lowest BCUT2D eigenvalue weighted by Crippen LogP contribution is -2.44. The van der Waals surface area contributed by atoms with Gasteiger partial charge in [0.1, 0.15) is 11.7 Å². The molecule has 3 aromatic rings. The van der Waals surface area contributed by atoms with Crippen LogP contribution in [0, 0.1) is 0 Å². The summed E-state index contributed by atoms with van der Waals surface area (Å²) >= 11 is 6.51. The summed E-state index contributed by atoms with van der Waals surface area (Å²) in [6.45, 7) is 5.75. The van der Waals surface area contributed by atoms with Crippen LogP contribution in [0.15, 0.2) is 59.7 Å². The summed E-state index contributed by atoms with van der Waals surface area (Å²) in [4.78, 5) is 21.2. The highest BCUT2D eigenvalue weighted by molar-refractivity contribution is 6.40. The number of halogens is 1. The average molecular weight is 472 g/mol. The molecule has 2 aromatic carbocycles. The van der Waals surface area contributed by atoms with Gasteiger partial charge in [0.2, 0.25) is 5.95 Å². The molecule has 0 spiro atoms. The summed E-state index contributed by atoms with van der Waals surface area (Å²) in [6.07, 6.45) is 3.97. The fraction of sp³-hybridized carbons (Fsp3) is 0.269. The molecule has 0 radical (unpaired) electrons. The van der Waals surface area contributed by atoms with Gasteiger partial charge in [-0.3, -0.25) is 4.99 Å². The summed E-state index contributed by atoms with van der Waals surface area (Å²) in [6, 6.07) is 16.4. The minimum atomic E-state index is 0.579. The molecule has 7 nitrogen and oxygen atoms in total. The molecule has 0 bridgehead atoms. The molecule has 0 atom stereocenters. The van der Waals surface area contributed by atoms with Gasteiger partial charge in [-0.2, -0.15) is 4.98 Å². The van der Waals surface area contributed by atoms with Gasteiger partial charge < -0.3 is 20.0 Å². The Balaban J connectivity index is 1.29. The van der Waals surface area contributed by atoms with E-state index in [2.05, 4.69) is 62.4 Å². The smallest absolute Gasteiger partial charge is 0.229 e. The van der Waals surface area contributed by atoms with Crippen molar-refractivity contribution in [2.24, 2.45) is 4.99 Å².